The lowest BCUT2D eigenvalue weighted by molar-refractivity contribution is -0.144. The summed E-state index contributed by atoms with van der Waals surface area (Å²) in [6.07, 6.45) is 13.3. The normalized spacial score (nSPS) is 15.3. The molecule has 1 aliphatic rings. The van der Waals surface area contributed by atoms with Crippen molar-refractivity contribution in [3.8, 4) is 24.7 Å². The van der Waals surface area contributed by atoms with E-state index in [1.54, 1.807) is 30.3 Å². The van der Waals surface area contributed by atoms with Crippen molar-refractivity contribution in [2.24, 2.45) is 11.8 Å². The van der Waals surface area contributed by atoms with Gasteiger partial charge in [-0.15, -0.1) is 24.7 Å². The van der Waals surface area contributed by atoms with Gasteiger partial charge in [-0.3, -0.25) is 19.3 Å². The monoisotopic (exact) mass is 648 g/mol. The molecule has 3 atom stereocenters. The van der Waals surface area contributed by atoms with Crippen LogP contribution in [0.5, 0.6) is 0 Å². The van der Waals surface area contributed by atoms with Crippen LogP contribution >= 0.6 is 0 Å². The summed E-state index contributed by atoms with van der Waals surface area (Å²) in [6, 6.07) is 7.88. The van der Waals surface area contributed by atoms with E-state index in [0.29, 0.717) is 12.8 Å². The number of terminal acetylenes is 2. The van der Waals surface area contributed by atoms with Crippen LogP contribution in [0.15, 0.2) is 30.3 Å². The zero-order valence-corrected chi connectivity index (χ0v) is 27.5. The van der Waals surface area contributed by atoms with Gasteiger partial charge >= 0.3 is 6.18 Å². The summed E-state index contributed by atoms with van der Waals surface area (Å²) in [5.41, 5.74) is 0.785. The minimum absolute atomic E-state index is 0.00505. The van der Waals surface area contributed by atoms with Gasteiger partial charge in [0.05, 0.1) is 18.6 Å². The number of carbonyl (C=O) groups is 3. The summed E-state index contributed by atoms with van der Waals surface area (Å²) in [4.78, 5) is 41.2. The Balaban J connectivity index is 0.00000132. The number of amides is 3. The summed E-state index contributed by atoms with van der Waals surface area (Å²) in [5.74, 6) is 3.32. The molecule has 2 rings (SSSR count). The zero-order chi connectivity index (χ0) is 34.5. The molecule has 0 saturated heterocycles. The minimum atomic E-state index is -4.35. The fourth-order valence-electron chi connectivity index (χ4n) is 4.97. The van der Waals surface area contributed by atoms with E-state index < -0.39 is 48.5 Å². The standard InChI is InChI=1S/C28H37F3N4O4.C7H14/c1-5-7-14-23(36)19-32-27(39)24(11-6-2)33-26(38)22(17-21-12-9-8-10-13-21)18-25(37)35(4)16-15-34(3)20-28(29,30)31;1-7-5-3-2-4-6-7/h1-2,8-10,12-13,22-24,36H,7,11,14-20H2,3-4H3,(H,32,39)(H,33,38);7H,2-6H2,1H3/t22-,23+,24+;/m1./s1. The molecule has 1 fully saturated rings. The molecule has 0 bridgehead atoms. The highest BCUT2D eigenvalue weighted by molar-refractivity contribution is 5.91. The van der Waals surface area contributed by atoms with E-state index in [2.05, 4.69) is 29.4 Å². The van der Waals surface area contributed by atoms with Gasteiger partial charge in [-0.25, -0.2) is 0 Å². The van der Waals surface area contributed by atoms with Gasteiger partial charge in [0, 0.05) is 45.9 Å². The van der Waals surface area contributed by atoms with Crippen LogP contribution in [0.4, 0.5) is 13.2 Å². The van der Waals surface area contributed by atoms with Crippen molar-refractivity contribution in [3.63, 3.8) is 0 Å². The molecule has 46 heavy (non-hydrogen) atoms. The fraction of sp³-hybridized carbons (Fsp3) is 0.629. The molecule has 1 aromatic rings. The Labute approximate surface area is 272 Å². The van der Waals surface area contributed by atoms with Crippen molar-refractivity contribution in [1.29, 1.82) is 0 Å². The number of halogens is 3. The third kappa shape index (κ3) is 18.4. The van der Waals surface area contributed by atoms with Crippen LogP contribution in [0.25, 0.3) is 0 Å². The van der Waals surface area contributed by atoms with Crippen LogP contribution in [-0.4, -0.2) is 91.2 Å². The Morgan fingerprint density at radius 3 is 2.22 bits per heavy atom. The lowest BCUT2D eigenvalue weighted by Gasteiger charge is -2.25. The molecule has 0 unspecified atom stereocenters. The van der Waals surface area contributed by atoms with Crippen LogP contribution in [0, 0.1) is 36.5 Å². The van der Waals surface area contributed by atoms with Crippen LogP contribution in [0.2, 0.25) is 0 Å². The van der Waals surface area contributed by atoms with Gasteiger partial charge in [-0.05, 0) is 31.4 Å². The number of hydrogen-bond donors (Lipinski definition) is 3. The third-order valence-electron chi connectivity index (χ3n) is 7.79. The summed E-state index contributed by atoms with van der Waals surface area (Å²) in [7, 11) is 2.77. The van der Waals surface area contributed by atoms with Gasteiger partial charge in [-0.1, -0.05) is 69.4 Å². The first-order valence-corrected chi connectivity index (χ1v) is 15.9. The number of aliphatic hydroxyl groups excluding tert-OH is 1. The average Bonchev–Trinajstić information content (AvgIpc) is 3.01. The molecule has 1 aromatic carbocycles. The summed E-state index contributed by atoms with van der Waals surface area (Å²) in [5, 5.41) is 15.1. The van der Waals surface area contributed by atoms with Crippen molar-refractivity contribution in [2.75, 3.05) is 40.3 Å². The van der Waals surface area contributed by atoms with Crippen LogP contribution in [-0.2, 0) is 20.8 Å². The maximum atomic E-state index is 13.3. The fourth-order valence-corrected chi connectivity index (χ4v) is 4.97. The van der Waals surface area contributed by atoms with Crippen LogP contribution in [0.3, 0.4) is 0 Å². The molecule has 0 spiro atoms. The van der Waals surface area contributed by atoms with E-state index >= 15 is 0 Å². The number of benzene rings is 1. The number of aliphatic hydroxyl groups is 1. The third-order valence-corrected chi connectivity index (χ3v) is 7.79. The van der Waals surface area contributed by atoms with E-state index in [0.717, 1.165) is 16.4 Å². The number of alkyl halides is 3. The first-order chi connectivity index (χ1) is 21.7. The second-order valence-electron chi connectivity index (χ2n) is 12.1. The summed E-state index contributed by atoms with van der Waals surface area (Å²) < 4.78 is 37.7. The smallest absolute Gasteiger partial charge is 0.391 e. The molecule has 0 heterocycles. The number of nitrogens with one attached hydrogen (secondary N) is 2. The Kier molecular flexibility index (Phi) is 19.4. The molecule has 0 radical (unpaired) electrons. The number of hydrogen-bond acceptors (Lipinski definition) is 5. The first-order valence-electron chi connectivity index (χ1n) is 15.9. The highest BCUT2D eigenvalue weighted by atomic mass is 19.4. The predicted molar refractivity (Wildman–Crippen MR) is 174 cm³/mol. The maximum absolute atomic E-state index is 13.3. The molecule has 11 heteroatoms. The predicted octanol–water partition coefficient (Wildman–Crippen LogP) is 4.17. The van der Waals surface area contributed by atoms with Gasteiger partial charge in [0.1, 0.15) is 6.04 Å². The van der Waals surface area contributed by atoms with E-state index in [-0.39, 0.29) is 38.9 Å². The largest absolute Gasteiger partial charge is 0.401 e. The number of likely N-dealkylation sites (N-methyl/N-ethyl adjacent to an activating group) is 2. The molecule has 0 aliphatic heterocycles. The summed E-state index contributed by atoms with van der Waals surface area (Å²) >= 11 is 0. The minimum Gasteiger partial charge on any atom is -0.391 e. The van der Waals surface area contributed by atoms with Gasteiger partial charge in [-0.2, -0.15) is 13.2 Å². The molecular weight excluding hydrogens is 597 g/mol. The highest BCUT2D eigenvalue weighted by Gasteiger charge is 2.30. The molecule has 256 valence electrons. The quantitative estimate of drug-likeness (QED) is 0.234. The van der Waals surface area contributed by atoms with Gasteiger partial charge in [0.15, 0.2) is 0 Å². The lowest BCUT2D eigenvalue weighted by Crippen LogP contribution is -2.50. The lowest BCUT2D eigenvalue weighted by atomic mass is 9.91. The number of carbonyl (C=O) groups excluding carboxylic acids is 3. The van der Waals surface area contributed by atoms with E-state index in [1.165, 1.54) is 51.1 Å². The van der Waals surface area contributed by atoms with Crippen molar-refractivity contribution >= 4 is 17.7 Å². The molecule has 0 aromatic heterocycles. The molecule has 1 saturated carbocycles. The Morgan fingerprint density at radius 1 is 1.02 bits per heavy atom. The number of nitrogens with zero attached hydrogens (tertiary/aromatic N) is 2. The number of rotatable bonds is 16. The highest BCUT2D eigenvalue weighted by Crippen LogP contribution is 2.22. The molecule has 3 amide bonds. The second-order valence-corrected chi connectivity index (χ2v) is 12.1. The van der Waals surface area contributed by atoms with Crippen LogP contribution in [0.1, 0.15) is 70.3 Å². The van der Waals surface area contributed by atoms with Gasteiger partial charge in [0.25, 0.3) is 0 Å². The van der Waals surface area contributed by atoms with Gasteiger partial charge < -0.3 is 20.6 Å². The molecular formula is C35H51F3N4O4. The maximum Gasteiger partial charge on any atom is 0.401 e. The van der Waals surface area contributed by atoms with Crippen molar-refractivity contribution in [1.82, 2.24) is 20.4 Å². The second kappa shape index (κ2) is 22.1. The van der Waals surface area contributed by atoms with E-state index in [9.17, 15) is 32.7 Å². The van der Waals surface area contributed by atoms with Gasteiger partial charge in [0.2, 0.25) is 17.7 Å². The zero-order valence-electron chi connectivity index (χ0n) is 27.5. The first kappa shape index (κ1) is 40.5. The summed E-state index contributed by atoms with van der Waals surface area (Å²) in [6.45, 7) is 1.22. The Morgan fingerprint density at radius 2 is 1.67 bits per heavy atom. The van der Waals surface area contributed by atoms with Crippen molar-refractivity contribution < 1.29 is 32.7 Å². The Hall–Kier alpha value is -3.54. The SMILES string of the molecule is C#CCC[C@H](O)CNC(=O)[C@H](CC#C)NC(=O)[C@@H](CC(=O)N(C)CCN(C)CC(F)(F)F)Cc1ccccc1.CC1CCCCC1. The van der Waals surface area contributed by atoms with Crippen molar-refractivity contribution in [3.05, 3.63) is 35.9 Å². The molecule has 1 aliphatic carbocycles. The van der Waals surface area contributed by atoms with E-state index in [4.69, 9.17) is 12.8 Å². The molecule has 8 nitrogen and oxygen atoms in total. The average molecular weight is 649 g/mol. The molecule has 3 N–H and O–H groups in total. The van der Waals surface area contributed by atoms with Crippen molar-refractivity contribution in [2.45, 2.75) is 89.5 Å². The van der Waals surface area contributed by atoms with Crippen LogP contribution < -0.4 is 10.6 Å². The Bertz CT molecular complexity index is 1130. The van der Waals surface area contributed by atoms with E-state index in [1.807, 2.05) is 0 Å². The topological polar surface area (TPSA) is 102 Å².